The molecule has 2 N–H and O–H groups in total. The molecule has 0 unspecified atom stereocenters. The lowest BCUT2D eigenvalue weighted by Crippen LogP contribution is -2.51. The molecule has 0 saturated carbocycles. The summed E-state index contributed by atoms with van der Waals surface area (Å²) in [5.41, 5.74) is 0. The van der Waals surface area contributed by atoms with Crippen molar-refractivity contribution in [2.24, 2.45) is 0 Å². The molecule has 102 valence electrons. The number of quaternary nitrogens is 1. The Morgan fingerprint density at radius 1 is 1.18 bits per heavy atom. The normalized spacial score (nSPS) is 12.1. The highest BCUT2D eigenvalue weighted by Crippen LogP contribution is 2.24. The van der Waals surface area contributed by atoms with Crippen molar-refractivity contribution in [3.8, 4) is 0 Å². The molecule has 0 aromatic rings. The summed E-state index contributed by atoms with van der Waals surface area (Å²) in [6.45, 7) is 13.1. The van der Waals surface area contributed by atoms with Gasteiger partial charge in [0.1, 0.15) is 19.7 Å². The van der Waals surface area contributed by atoms with Gasteiger partial charge in [0, 0.05) is 0 Å². The molecular formula is C11H25NO4P+. The Balaban J connectivity index is 4.01. The molecule has 0 radical (unpaired) electrons. The first-order valence-corrected chi connectivity index (χ1v) is 7.11. The van der Waals surface area contributed by atoms with Crippen molar-refractivity contribution in [1.29, 1.82) is 0 Å². The first-order chi connectivity index (χ1) is 8.10. The number of hydrogen-bond acceptors (Lipinski definition) is 4. The molecule has 5 nitrogen and oxygen atoms in total. The molecule has 0 aromatic carbocycles. The predicted molar refractivity (Wildman–Crippen MR) is 69.4 cm³/mol. The smallest absolute Gasteiger partial charge is 0.327 e. The van der Waals surface area contributed by atoms with E-state index in [-0.39, 0.29) is 0 Å². The fraction of sp³-hybridized carbons (Fsp3) is 0.818. The minimum absolute atomic E-state index is 0.363. The summed E-state index contributed by atoms with van der Waals surface area (Å²) in [4.78, 5) is 17.4. The summed E-state index contributed by atoms with van der Waals surface area (Å²) in [6, 6.07) is 0. The van der Waals surface area contributed by atoms with E-state index in [1.54, 1.807) is 6.08 Å². The van der Waals surface area contributed by atoms with Gasteiger partial charge in [-0.2, -0.15) is 0 Å². The third-order valence-corrected chi connectivity index (χ3v) is 3.47. The van der Waals surface area contributed by atoms with Crippen LogP contribution >= 0.6 is 8.60 Å². The molecule has 0 spiro atoms. The van der Waals surface area contributed by atoms with Crippen molar-refractivity contribution < 1.29 is 23.5 Å². The molecule has 0 bridgehead atoms. The van der Waals surface area contributed by atoms with Gasteiger partial charge in [-0.05, 0) is 13.8 Å². The number of nitrogens with zero attached hydrogens (tertiary/aromatic N) is 1. The molecule has 0 rings (SSSR count). The van der Waals surface area contributed by atoms with E-state index in [1.807, 2.05) is 0 Å². The lowest BCUT2D eigenvalue weighted by atomic mass is 10.3. The van der Waals surface area contributed by atoms with Gasteiger partial charge < -0.3 is 23.5 Å². The van der Waals surface area contributed by atoms with Crippen LogP contribution in [0.1, 0.15) is 13.8 Å². The van der Waals surface area contributed by atoms with Crippen molar-refractivity contribution in [2.75, 3.05) is 46.0 Å². The molecule has 0 heterocycles. The Kier molecular flexibility index (Phi) is 9.93. The summed E-state index contributed by atoms with van der Waals surface area (Å²) >= 11 is 0. The highest BCUT2D eigenvalue weighted by Gasteiger charge is 2.23. The third-order valence-electron chi connectivity index (χ3n) is 3.06. The zero-order chi connectivity index (χ0) is 13.1. The first kappa shape index (κ1) is 17.0. The molecule has 0 fully saturated rings. The van der Waals surface area contributed by atoms with Crippen LogP contribution in [0.3, 0.4) is 0 Å². The number of hydrogen-bond donors (Lipinski definition) is 2. The molecule has 0 amide bonds. The molecule has 17 heavy (non-hydrogen) atoms. The maximum Gasteiger partial charge on any atom is 0.327 e. The van der Waals surface area contributed by atoms with Gasteiger partial charge >= 0.3 is 8.60 Å². The molecule has 0 aliphatic rings. The predicted octanol–water partition coefficient (Wildman–Crippen LogP) is 1.27. The Hall–Kier alpha value is -0.0300. The molecule has 0 aliphatic carbocycles. The minimum atomic E-state index is -2.24. The average molecular weight is 266 g/mol. The van der Waals surface area contributed by atoms with E-state index in [9.17, 15) is 0 Å². The van der Waals surface area contributed by atoms with Gasteiger partial charge in [0.15, 0.2) is 0 Å². The molecule has 0 saturated heterocycles. The Morgan fingerprint density at radius 2 is 1.76 bits per heavy atom. The van der Waals surface area contributed by atoms with Crippen LogP contribution in [0.25, 0.3) is 0 Å². The Bertz CT molecular complexity index is 198. The summed E-state index contributed by atoms with van der Waals surface area (Å²) in [6.07, 6.45) is 1.74. The van der Waals surface area contributed by atoms with Gasteiger partial charge in [-0.15, -0.1) is 6.58 Å². The van der Waals surface area contributed by atoms with Crippen molar-refractivity contribution in [3.63, 3.8) is 0 Å². The minimum Gasteiger partial charge on any atom is -0.372 e. The van der Waals surface area contributed by atoms with Gasteiger partial charge in [-0.3, -0.25) is 0 Å². The lowest BCUT2D eigenvalue weighted by Gasteiger charge is -2.36. The topological polar surface area (TPSA) is 58.9 Å². The van der Waals surface area contributed by atoms with Crippen LogP contribution in [-0.4, -0.2) is 60.3 Å². The maximum absolute atomic E-state index is 8.70. The van der Waals surface area contributed by atoms with Crippen LogP contribution in [0, 0.1) is 0 Å². The third kappa shape index (κ3) is 7.82. The standard InChI is InChI=1S/C11H25NO4P/c1-4-9-15-10-7-12(5-2,6-3)8-11-16-17(13)14/h4,13-14H,1,5-11H2,2-3H3/q+1. The fourth-order valence-electron chi connectivity index (χ4n) is 1.71. The van der Waals surface area contributed by atoms with E-state index in [1.165, 1.54) is 0 Å². The molecule has 6 heteroatoms. The highest BCUT2D eigenvalue weighted by atomic mass is 31.2. The fourth-order valence-corrected chi connectivity index (χ4v) is 1.95. The van der Waals surface area contributed by atoms with Crippen molar-refractivity contribution >= 4 is 8.60 Å². The Labute approximate surface area is 105 Å². The number of rotatable bonds is 11. The summed E-state index contributed by atoms with van der Waals surface area (Å²) in [5, 5.41) is 0. The second-order valence-electron chi connectivity index (χ2n) is 3.87. The van der Waals surface area contributed by atoms with E-state index in [4.69, 9.17) is 19.0 Å². The highest BCUT2D eigenvalue weighted by molar-refractivity contribution is 7.39. The summed E-state index contributed by atoms with van der Waals surface area (Å²) < 4.78 is 11.1. The van der Waals surface area contributed by atoms with Crippen molar-refractivity contribution in [1.82, 2.24) is 0 Å². The zero-order valence-corrected chi connectivity index (χ0v) is 11.7. The largest absolute Gasteiger partial charge is 0.372 e. The van der Waals surface area contributed by atoms with E-state index >= 15 is 0 Å². The van der Waals surface area contributed by atoms with Gasteiger partial charge in [0.25, 0.3) is 0 Å². The van der Waals surface area contributed by atoms with Crippen molar-refractivity contribution in [2.45, 2.75) is 13.8 Å². The van der Waals surface area contributed by atoms with E-state index < -0.39 is 8.60 Å². The maximum atomic E-state index is 8.70. The van der Waals surface area contributed by atoms with E-state index in [0.717, 1.165) is 30.7 Å². The van der Waals surface area contributed by atoms with Crippen LogP contribution in [0.15, 0.2) is 12.7 Å². The SMILES string of the molecule is C=CCOCC[N+](CC)(CC)CCOP(O)O. The van der Waals surface area contributed by atoms with Crippen LogP contribution in [0.2, 0.25) is 0 Å². The van der Waals surface area contributed by atoms with E-state index in [0.29, 0.717) is 19.8 Å². The van der Waals surface area contributed by atoms with E-state index in [2.05, 4.69) is 20.4 Å². The lowest BCUT2D eigenvalue weighted by molar-refractivity contribution is -0.925. The van der Waals surface area contributed by atoms with Gasteiger partial charge in [0.05, 0.1) is 26.3 Å². The monoisotopic (exact) mass is 266 g/mol. The van der Waals surface area contributed by atoms with Crippen LogP contribution in [0.5, 0.6) is 0 Å². The van der Waals surface area contributed by atoms with Crippen molar-refractivity contribution in [3.05, 3.63) is 12.7 Å². The number of likely N-dealkylation sites (N-methyl/N-ethyl adjacent to an activating group) is 1. The van der Waals surface area contributed by atoms with Crippen LogP contribution < -0.4 is 0 Å². The molecule has 0 atom stereocenters. The zero-order valence-electron chi connectivity index (χ0n) is 10.8. The van der Waals surface area contributed by atoms with Gasteiger partial charge in [0.2, 0.25) is 0 Å². The van der Waals surface area contributed by atoms with Gasteiger partial charge in [-0.1, -0.05) is 6.08 Å². The quantitative estimate of drug-likeness (QED) is 0.256. The number of ether oxygens (including phenoxy) is 1. The van der Waals surface area contributed by atoms with Gasteiger partial charge in [-0.25, -0.2) is 0 Å². The van der Waals surface area contributed by atoms with Crippen LogP contribution in [0.4, 0.5) is 0 Å². The summed E-state index contributed by atoms with van der Waals surface area (Å²) in [5.74, 6) is 0. The first-order valence-electron chi connectivity index (χ1n) is 5.94. The summed E-state index contributed by atoms with van der Waals surface area (Å²) in [7, 11) is -2.24. The molecular weight excluding hydrogens is 241 g/mol. The molecule has 0 aromatic heterocycles. The second-order valence-corrected chi connectivity index (χ2v) is 4.63. The average Bonchev–Trinajstić information content (AvgIpc) is 2.32. The Morgan fingerprint density at radius 3 is 2.24 bits per heavy atom. The van der Waals surface area contributed by atoms with Crippen LogP contribution in [-0.2, 0) is 9.26 Å². The molecule has 0 aliphatic heterocycles. The second kappa shape index (κ2) is 9.95.